The summed E-state index contributed by atoms with van der Waals surface area (Å²) in [6.07, 6.45) is 5.34. The standard InChI is InChI=1S/C21H31N5O3/c1-27-15-10-22-20-8-9-23-21(25-20)24-17-6-7-18(28-2)19(16-17)29-14-5-13-26-11-3-4-12-26/h6-9,16H,3-5,10-15H2,1-2H3,(H2,22,23,24,25). The van der Waals surface area contributed by atoms with Crippen molar-refractivity contribution in [1.29, 1.82) is 0 Å². The number of nitrogens with zero attached hydrogens (tertiary/aromatic N) is 3. The maximum atomic E-state index is 6.00. The van der Waals surface area contributed by atoms with Crippen molar-refractivity contribution in [3.05, 3.63) is 30.5 Å². The van der Waals surface area contributed by atoms with E-state index in [1.165, 1.54) is 25.9 Å². The number of nitrogens with one attached hydrogen (secondary N) is 2. The second-order valence-corrected chi connectivity index (χ2v) is 6.93. The van der Waals surface area contributed by atoms with Gasteiger partial charge in [0, 0.05) is 38.1 Å². The Balaban J connectivity index is 1.56. The Morgan fingerprint density at radius 2 is 1.93 bits per heavy atom. The van der Waals surface area contributed by atoms with Crippen molar-refractivity contribution in [2.24, 2.45) is 0 Å². The second-order valence-electron chi connectivity index (χ2n) is 6.93. The zero-order chi connectivity index (χ0) is 20.3. The molecule has 0 radical (unpaired) electrons. The Bertz CT molecular complexity index is 753. The van der Waals surface area contributed by atoms with Crippen molar-refractivity contribution in [2.45, 2.75) is 19.3 Å². The summed E-state index contributed by atoms with van der Waals surface area (Å²) in [5.74, 6) is 2.69. The molecule has 1 fully saturated rings. The zero-order valence-corrected chi connectivity index (χ0v) is 17.3. The Labute approximate surface area is 172 Å². The van der Waals surface area contributed by atoms with Crippen molar-refractivity contribution in [3.8, 4) is 11.5 Å². The molecule has 0 amide bonds. The van der Waals surface area contributed by atoms with Gasteiger partial charge in [-0.2, -0.15) is 4.98 Å². The molecule has 8 nitrogen and oxygen atoms in total. The SMILES string of the molecule is COCCNc1ccnc(Nc2ccc(OC)c(OCCCN3CCCC3)c2)n1. The molecular weight excluding hydrogens is 370 g/mol. The highest BCUT2D eigenvalue weighted by Gasteiger charge is 2.11. The van der Waals surface area contributed by atoms with Crippen molar-refractivity contribution < 1.29 is 14.2 Å². The summed E-state index contributed by atoms with van der Waals surface area (Å²) in [4.78, 5) is 11.2. The van der Waals surface area contributed by atoms with Gasteiger partial charge in [0.1, 0.15) is 5.82 Å². The number of benzene rings is 1. The number of methoxy groups -OCH3 is 2. The number of aromatic nitrogens is 2. The zero-order valence-electron chi connectivity index (χ0n) is 17.3. The van der Waals surface area contributed by atoms with Crippen LogP contribution in [0.1, 0.15) is 19.3 Å². The van der Waals surface area contributed by atoms with Gasteiger partial charge < -0.3 is 29.7 Å². The molecule has 1 aliphatic rings. The minimum absolute atomic E-state index is 0.512. The van der Waals surface area contributed by atoms with Crippen LogP contribution in [0.25, 0.3) is 0 Å². The molecule has 0 bridgehead atoms. The minimum atomic E-state index is 0.512. The number of likely N-dealkylation sites (tertiary alicyclic amines) is 1. The number of anilines is 3. The lowest BCUT2D eigenvalue weighted by atomic mass is 10.2. The third kappa shape index (κ3) is 6.76. The Hall–Kier alpha value is -2.58. The van der Waals surface area contributed by atoms with E-state index < -0.39 is 0 Å². The molecule has 1 aromatic carbocycles. The maximum Gasteiger partial charge on any atom is 0.229 e. The number of hydrogen-bond acceptors (Lipinski definition) is 8. The third-order valence-electron chi connectivity index (χ3n) is 4.76. The van der Waals surface area contributed by atoms with Gasteiger partial charge >= 0.3 is 0 Å². The Morgan fingerprint density at radius 3 is 2.72 bits per heavy atom. The first kappa shape index (κ1) is 21.1. The summed E-state index contributed by atoms with van der Waals surface area (Å²) >= 11 is 0. The molecule has 0 aliphatic carbocycles. The van der Waals surface area contributed by atoms with Gasteiger partial charge in [-0.1, -0.05) is 0 Å². The van der Waals surface area contributed by atoms with Crippen molar-refractivity contribution in [3.63, 3.8) is 0 Å². The molecule has 1 aromatic heterocycles. The van der Waals surface area contributed by atoms with E-state index >= 15 is 0 Å². The average Bonchev–Trinajstić information content (AvgIpc) is 3.25. The minimum Gasteiger partial charge on any atom is -0.493 e. The number of rotatable bonds is 12. The van der Waals surface area contributed by atoms with Crippen LogP contribution in [0, 0.1) is 0 Å². The molecule has 3 rings (SSSR count). The molecule has 2 heterocycles. The van der Waals surface area contributed by atoms with E-state index in [0.29, 0.717) is 37.2 Å². The monoisotopic (exact) mass is 401 g/mol. The van der Waals surface area contributed by atoms with Crippen LogP contribution in [0.15, 0.2) is 30.5 Å². The van der Waals surface area contributed by atoms with E-state index in [9.17, 15) is 0 Å². The molecule has 158 valence electrons. The highest BCUT2D eigenvalue weighted by atomic mass is 16.5. The molecule has 0 unspecified atom stereocenters. The second kappa shape index (κ2) is 11.4. The van der Waals surface area contributed by atoms with Crippen LogP contribution in [0.4, 0.5) is 17.5 Å². The topological polar surface area (TPSA) is 80.8 Å². The molecule has 29 heavy (non-hydrogen) atoms. The number of ether oxygens (including phenoxy) is 3. The van der Waals surface area contributed by atoms with E-state index in [-0.39, 0.29) is 0 Å². The van der Waals surface area contributed by atoms with Gasteiger partial charge in [0.2, 0.25) is 5.95 Å². The smallest absolute Gasteiger partial charge is 0.229 e. The molecular formula is C21H31N5O3. The Morgan fingerprint density at radius 1 is 1.07 bits per heavy atom. The molecule has 2 N–H and O–H groups in total. The first-order chi connectivity index (χ1) is 14.3. The first-order valence-corrected chi connectivity index (χ1v) is 10.1. The predicted octanol–water partition coefficient (Wildman–Crippen LogP) is 3.15. The van der Waals surface area contributed by atoms with Gasteiger partial charge in [0.25, 0.3) is 0 Å². The van der Waals surface area contributed by atoms with E-state index in [1.807, 2.05) is 24.3 Å². The fourth-order valence-electron chi connectivity index (χ4n) is 3.27. The van der Waals surface area contributed by atoms with Gasteiger partial charge in [-0.15, -0.1) is 0 Å². The van der Waals surface area contributed by atoms with Crippen LogP contribution in [-0.4, -0.2) is 68.5 Å². The van der Waals surface area contributed by atoms with Gasteiger partial charge in [0.05, 0.1) is 20.3 Å². The summed E-state index contributed by atoms with van der Waals surface area (Å²) in [5, 5.41) is 6.42. The van der Waals surface area contributed by atoms with Crippen LogP contribution in [0.5, 0.6) is 11.5 Å². The summed E-state index contributed by atoms with van der Waals surface area (Å²) < 4.78 is 16.5. The van der Waals surface area contributed by atoms with Crippen molar-refractivity contribution >= 4 is 17.5 Å². The van der Waals surface area contributed by atoms with Gasteiger partial charge in [0.15, 0.2) is 11.5 Å². The van der Waals surface area contributed by atoms with Gasteiger partial charge in [-0.3, -0.25) is 0 Å². The van der Waals surface area contributed by atoms with Crippen LogP contribution < -0.4 is 20.1 Å². The van der Waals surface area contributed by atoms with E-state index in [1.54, 1.807) is 20.4 Å². The van der Waals surface area contributed by atoms with Crippen LogP contribution >= 0.6 is 0 Å². The molecule has 8 heteroatoms. The normalized spacial score (nSPS) is 14.0. The molecule has 1 saturated heterocycles. The summed E-state index contributed by atoms with van der Waals surface area (Å²) in [5.41, 5.74) is 0.842. The quantitative estimate of drug-likeness (QED) is 0.525. The summed E-state index contributed by atoms with van der Waals surface area (Å²) in [7, 11) is 3.32. The molecule has 2 aromatic rings. The third-order valence-corrected chi connectivity index (χ3v) is 4.76. The van der Waals surface area contributed by atoms with Crippen LogP contribution in [0.3, 0.4) is 0 Å². The van der Waals surface area contributed by atoms with Gasteiger partial charge in [-0.05, 0) is 50.6 Å². The fourth-order valence-corrected chi connectivity index (χ4v) is 3.27. The highest BCUT2D eigenvalue weighted by molar-refractivity contribution is 5.60. The molecule has 1 aliphatic heterocycles. The van der Waals surface area contributed by atoms with Crippen LogP contribution in [-0.2, 0) is 4.74 Å². The number of hydrogen-bond donors (Lipinski definition) is 2. The molecule has 0 spiro atoms. The summed E-state index contributed by atoms with van der Waals surface area (Å²) in [6.45, 7) is 5.46. The lowest BCUT2D eigenvalue weighted by Crippen LogP contribution is -2.21. The summed E-state index contributed by atoms with van der Waals surface area (Å²) in [6, 6.07) is 7.55. The Kier molecular flexibility index (Phi) is 8.33. The lowest BCUT2D eigenvalue weighted by molar-refractivity contribution is 0.210. The highest BCUT2D eigenvalue weighted by Crippen LogP contribution is 2.31. The molecule has 0 saturated carbocycles. The lowest BCUT2D eigenvalue weighted by Gasteiger charge is -2.16. The van der Waals surface area contributed by atoms with Gasteiger partial charge in [-0.25, -0.2) is 4.98 Å². The van der Waals surface area contributed by atoms with Crippen molar-refractivity contribution in [1.82, 2.24) is 14.9 Å². The van der Waals surface area contributed by atoms with E-state index in [0.717, 1.165) is 24.5 Å². The molecule has 0 atom stereocenters. The fraction of sp³-hybridized carbons (Fsp3) is 0.524. The average molecular weight is 402 g/mol. The largest absolute Gasteiger partial charge is 0.493 e. The van der Waals surface area contributed by atoms with E-state index in [4.69, 9.17) is 14.2 Å². The predicted molar refractivity (Wildman–Crippen MR) is 114 cm³/mol. The van der Waals surface area contributed by atoms with E-state index in [2.05, 4.69) is 25.5 Å². The maximum absolute atomic E-state index is 6.00. The van der Waals surface area contributed by atoms with Crippen molar-refractivity contribution in [2.75, 3.05) is 64.2 Å². The van der Waals surface area contributed by atoms with Crippen LogP contribution in [0.2, 0.25) is 0 Å². The first-order valence-electron chi connectivity index (χ1n) is 10.1.